The van der Waals surface area contributed by atoms with E-state index in [2.05, 4.69) is 41.5 Å². The molecule has 4 atom stereocenters. The SMILES string of the molecule is CC(C)(C)C1CC2CC(C(C)(C)C)C2C1. The molecule has 0 saturated heterocycles. The Labute approximate surface area is 95.8 Å². The fourth-order valence-electron chi connectivity index (χ4n) is 3.93. The van der Waals surface area contributed by atoms with Crippen LogP contribution in [0.1, 0.15) is 60.8 Å². The van der Waals surface area contributed by atoms with E-state index in [0.717, 1.165) is 23.7 Å². The molecule has 88 valence electrons. The van der Waals surface area contributed by atoms with Gasteiger partial charge in [-0.15, -0.1) is 0 Å². The zero-order chi connectivity index (χ0) is 11.4. The highest BCUT2D eigenvalue weighted by atomic mass is 14.6. The van der Waals surface area contributed by atoms with Crippen molar-refractivity contribution in [1.29, 1.82) is 0 Å². The van der Waals surface area contributed by atoms with Crippen LogP contribution in [-0.2, 0) is 0 Å². The topological polar surface area (TPSA) is 0 Å². The third kappa shape index (κ3) is 1.97. The molecular formula is C15H28. The summed E-state index contributed by atoms with van der Waals surface area (Å²) in [6, 6.07) is 0. The van der Waals surface area contributed by atoms with Crippen LogP contribution in [0.4, 0.5) is 0 Å². The van der Waals surface area contributed by atoms with Gasteiger partial charge in [0, 0.05) is 0 Å². The van der Waals surface area contributed by atoms with Gasteiger partial charge in [-0.25, -0.2) is 0 Å². The Morgan fingerprint density at radius 2 is 1.33 bits per heavy atom. The first-order valence-corrected chi connectivity index (χ1v) is 6.69. The summed E-state index contributed by atoms with van der Waals surface area (Å²) < 4.78 is 0. The van der Waals surface area contributed by atoms with E-state index in [-0.39, 0.29) is 0 Å². The lowest BCUT2D eigenvalue weighted by Gasteiger charge is -2.48. The van der Waals surface area contributed by atoms with Crippen molar-refractivity contribution in [3.05, 3.63) is 0 Å². The Morgan fingerprint density at radius 1 is 0.733 bits per heavy atom. The van der Waals surface area contributed by atoms with Gasteiger partial charge >= 0.3 is 0 Å². The normalized spacial score (nSPS) is 41.2. The van der Waals surface area contributed by atoms with Gasteiger partial charge in [0.05, 0.1) is 0 Å². The first-order chi connectivity index (χ1) is 6.69. The Bertz CT molecular complexity index is 226. The van der Waals surface area contributed by atoms with Crippen LogP contribution < -0.4 is 0 Å². The summed E-state index contributed by atoms with van der Waals surface area (Å²) in [5.41, 5.74) is 1.09. The highest BCUT2D eigenvalue weighted by molar-refractivity contribution is 5.02. The maximum absolute atomic E-state index is 2.43. The van der Waals surface area contributed by atoms with Crippen molar-refractivity contribution in [3.8, 4) is 0 Å². The minimum atomic E-state index is 0.541. The molecule has 2 fully saturated rings. The van der Waals surface area contributed by atoms with Gasteiger partial charge in [0.1, 0.15) is 0 Å². The molecule has 2 saturated carbocycles. The van der Waals surface area contributed by atoms with Gasteiger partial charge in [-0.05, 0) is 53.8 Å². The molecular weight excluding hydrogens is 180 g/mol. The maximum Gasteiger partial charge on any atom is -0.0331 e. The molecule has 0 radical (unpaired) electrons. The molecule has 0 amide bonds. The summed E-state index contributed by atoms with van der Waals surface area (Å²) in [6.45, 7) is 14.6. The van der Waals surface area contributed by atoms with Crippen LogP contribution in [0.5, 0.6) is 0 Å². The van der Waals surface area contributed by atoms with E-state index in [0.29, 0.717) is 10.8 Å². The Kier molecular flexibility index (Phi) is 2.48. The molecule has 0 spiro atoms. The van der Waals surface area contributed by atoms with Crippen LogP contribution in [0.3, 0.4) is 0 Å². The average molecular weight is 208 g/mol. The molecule has 2 rings (SSSR count). The molecule has 4 unspecified atom stereocenters. The molecule has 0 aromatic heterocycles. The molecule has 0 heterocycles. The second-order valence-corrected chi connectivity index (χ2v) is 8.17. The van der Waals surface area contributed by atoms with Gasteiger partial charge < -0.3 is 0 Å². The highest BCUT2D eigenvalue weighted by Gasteiger charge is 2.52. The van der Waals surface area contributed by atoms with E-state index in [1.165, 1.54) is 19.3 Å². The molecule has 0 N–H and O–H groups in total. The number of hydrogen-bond acceptors (Lipinski definition) is 0. The maximum atomic E-state index is 2.43. The Balaban J connectivity index is 2.00. The summed E-state index contributed by atoms with van der Waals surface area (Å²) in [7, 11) is 0. The van der Waals surface area contributed by atoms with Gasteiger partial charge in [0.15, 0.2) is 0 Å². The summed E-state index contributed by atoms with van der Waals surface area (Å²) in [4.78, 5) is 0. The third-order valence-electron chi connectivity index (χ3n) is 5.16. The summed E-state index contributed by atoms with van der Waals surface area (Å²) in [5, 5.41) is 0. The van der Waals surface area contributed by atoms with E-state index >= 15 is 0 Å². The lowest BCUT2D eigenvalue weighted by atomic mass is 9.57. The quantitative estimate of drug-likeness (QED) is 0.539. The number of hydrogen-bond donors (Lipinski definition) is 0. The summed E-state index contributed by atoms with van der Waals surface area (Å²) in [5.74, 6) is 4.14. The molecule has 2 aliphatic rings. The van der Waals surface area contributed by atoms with Crippen LogP contribution in [0, 0.1) is 34.5 Å². The Morgan fingerprint density at radius 3 is 1.80 bits per heavy atom. The van der Waals surface area contributed by atoms with E-state index in [1.54, 1.807) is 0 Å². The molecule has 0 nitrogen and oxygen atoms in total. The molecule has 0 aromatic carbocycles. The van der Waals surface area contributed by atoms with E-state index in [1.807, 2.05) is 0 Å². The molecule has 0 aromatic rings. The van der Waals surface area contributed by atoms with Crippen molar-refractivity contribution in [2.24, 2.45) is 34.5 Å². The average Bonchev–Trinajstić information content (AvgIpc) is 2.24. The van der Waals surface area contributed by atoms with Crippen molar-refractivity contribution < 1.29 is 0 Å². The minimum absolute atomic E-state index is 0.541. The van der Waals surface area contributed by atoms with Gasteiger partial charge in [-0.1, -0.05) is 41.5 Å². The lowest BCUT2D eigenvalue weighted by molar-refractivity contribution is 0.00977. The van der Waals surface area contributed by atoms with Crippen LogP contribution in [-0.4, -0.2) is 0 Å². The van der Waals surface area contributed by atoms with Crippen LogP contribution in [0.25, 0.3) is 0 Å². The number of fused-ring (bicyclic) bond motifs is 1. The second kappa shape index (κ2) is 3.25. The monoisotopic (exact) mass is 208 g/mol. The molecule has 0 aliphatic heterocycles. The predicted octanol–water partition coefficient (Wildman–Crippen LogP) is 4.74. The van der Waals surface area contributed by atoms with Crippen LogP contribution in [0.15, 0.2) is 0 Å². The molecule has 0 bridgehead atoms. The summed E-state index contributed by atoms with van der Waals surface area (Å²) >= 11 is 0. The van der Waals surface area contributed by atoms with Crippen LogP contribution in [0.2, 0.25) is 0 Å². The van der Waals surface area contributed by atoms with E-state index in [9.17, 15) is 0 Å². The predicted molar refractivity (Wildman–Crippen MR) is 66.7 cm³/mol. The van der Waals surface area contributed by atoms with Gasteiger partial charge in [0.25, 0.3) is 0 Å². The standard InChI is InChI=1S/C15H28/c1-14(2,3)11-7-10-8-13(12(10)9-11)15(4,5)6/h10-13H,7-9H2,1-6H3. The zero-order valence-corrected chi connectivity index (χ0v) is 11.4. The molecule has 0 heteroatoms. The zero-order valence-electron chi connectivity index (χ0n) is 11.4. The first kappa shape index (κ1) is 11.5. The van der Waals surface area contributed by atoms with Crippen molar-refractivity contribution in [2.75, 3.05) is 0 Å². The van der Waals surface area contributed by atoms with Crippen molar-refractivity contribution in [1.82, 2.24) is 0 Å². The van der Waals surface area contributed by atoms with E-state index in [4.69, 9.17) is 0 Å². The highest BCUT2D eigenvalue weighted by Crippen LogP contribution is 2.61. The van der Waals surface area contributed by atoms with E-state index < -0.39 is 0 Å². The molecule has 15 heavy (non-hydrogen) atoms. The van der Waals surface area contributed by atoms with Gasteiger partial charge in [-0.3, -0.25) is 0 Å². The first-order valence-electron chi connectivity index (χ1n) is 6.69. The van der Waals surface area contributed by atoms with Gasteiger partial charge in [0.2, 0.25) is 0 Å². The summed E-state index contributed by atoms with van der Waals surface area (Å²) in [6.07, 6.45) is 4.54. The van der Waals surface area contributed by atoms with Crippen LogP contribution >= 0.6 is 0 Å². The van der Waals surface area contributed by atoms with Crippen molar-refractivity contribution >= 4 is 0 Å². The second-order valence-electron chi connectivity index (χ2n) is 8.17. The lowest BCUT2D eigenvalue weighted by Crippen LogP contribution is -2.40. The third-order valence-corrected chi connectivity index (χ3v) is 5.16. The minimum Gasteiger partial charge on any atom is -0.0599 e. The molecule has 2 aliphatic carbocycles. The van der Waals surface area contributed by atoms with Crippen molar-refractivity contribution in [3.63, 3.8) is 0 Å². The fourth-order valence-corrected chi connectivity index (χ4v) is 3.93. The fraction of sp³-hybridized carbons (Fsp3) is 1.00. The largest absolute Gasteiger partial charge is 0.0599 e. The smallest absolute Gasteiger partial charge is 0.0331 e. The Hall–Kier alpha value is 0. The number of rotatable bonds is 0. The van der Waals surface area contributed by atoms with Crippen molar-refractivity contribution in [2.45, 2.75) is 60.8 Å². The van der Waals surface area contributed by atoms with Gasteiger partial charge in [-0.2, -0.15) is 0 Å².